The molecule has 21 heavy (non-hydrogen) atoms. The van der Waals surface area contributed by atoms with Crippen molar-refractivity contribution < 1.29 is 32.1 Å². The monoisotopic (exact) mass is 306 g/mol. The standard InChI is InChI=1S/C14H14F4O3/c15-11-5-8(1-4-12(11)21-14(16,17)18)13(19)6-9-2-3-10(7-13)20-9/h1,4-5,9-10,19H,2-3,6-7H2. The number of fused-ring (bicyclic) bond motifs is 2. The van der Waals surface area contributed by atoms with E-state index in [2.05, 4.69) is 4.74 Å². The minimum Gasteiger partial charge on any atom is -0.403 e. The Labute approximate surface area is 118 Å². The number of hydrogen-bond acceptors (Lipinski definition) is 3. The van der Waals surface area contributed by atoms with E-state index in [0.717, 1.165) is 25.0 Å². The lowest BCUT2D eigenvalue weighted by Crippen LogP contribution is -2.38. The summed E-state index contributed by atoms with van der Waals surface area (Å²) in [5.74, 6) is -2.04. The van der Waals surface area contributed by atoms with Crippen LogP contribution in [0.2, 0.25) is 0 Å². The molecule has 2 aliphatic rings. The van der Waals surface area contributed by atoms with Crippen LogP contribution in [0.25, 0.3) is 0 Å². The molecule has 1 aromatic rings. The molecule has 2 atom stereocenters. The van der Waals surface area contributed by atoms with E-state index in [-0.39, 0.29) is 17.8 Å². The first-order valence-electron chi connectivity index (χ1n) is 6.69. The third-order valence-electron chi connectivity index (χ3n) is 4.02. The molecular formula is C14H14F4O3. The zero-order valence-electron chi connectivity index (χ0n) is 11.0. The van der Waals surface area contributed by atoms with E-state index in [9.17, 15) is 22.7 Å². The van der Waals surface area contributed by atoms with E-state index < -0.39 is 23.5 Å². The summed E-state index contributed by atoms with van der Waals surface area (Å²) in [6.07, 6.45) is -2.79. The molecule has 2 aliphatic heterocycles. The smallest absolute Gasteiger partial charge is 0.403 e. The van der Waals surface area contributed by atoms with Gasteiger partial charge in [-0.15, -0.1) is 13.2 Å². The van der Waals surface area contributed by atoms with Gasteiger partial charge in [0.2, 0.25) is 0 Å². The molecule has 0 radical (unpaired) electrons. The highest BCUT2D eigenvalue weighted by Gasteiger charge is 2.45. The maximum absolute atomic E-state index is 13.7. The molecule has 0 aliphatic carbocycles. The van der Waals surface area contributed by atoms with Crippen molar-refractivity contribution in [1.29, 1.82) is 0 Å². The van der Waals surface area contributed by atoms with Crippen LogP contribution in [0, 0.1) is 5.82 Å². The van der Waals surface area contributed by atoms with Crippen LogP contribution in [-0.4, -0.2) is 23.7 Å². The van der Waals surface area contributed by atoms with Crippen molar-refractivity contribution in [3.63, 3.8) is 0 Å². The Bertz CT molecular complexity index is 532. The molecule has 116 valence electrons. The van der Waals surface area contributed by atoms with E-state index in [1.807, 2.05) is 0 Å². The van der Waals surface area contributed by atoms with Crippen LogP contribution in [0.3, 0.4) is 0 Å². The average Bonchev–Trinajstić information content (AvgIpc) is 2.70. The maximum Gasteiger partial charge on any atom is 0.573 e. The molecule has 3 nitrogen and oxygen atoms in total. The molecule has 1 aromatic carbocycles. The normalized spacial score (nSPS) is 32.2. The number of aliphatic hydroxyl groups is 1. The summed E-state index contributed by atoms with van der Waals surface area (Å²) in [4.78, 5) is 0. The fraction of sp³-hybridized carbons (Fsp3) is 0.571. The van der Waals surface area contributed by atoms with Gasteiger partial charge in [-0.25, -0.2) is 4.39 Å². The number of halogens is 4. The van der Waals surface area contributed by atoms with Crippen molar-refractivity contribution in [2.75, 3.05) is 0 Å². The van der Waals surface area contributed by atoms with E-state index in [0.29, 0.717) is 12.8 Å². The SMILES string of the molecule is OC1(c2ccc(OC(F)(F)F)c(F)c2)CC2CCC(C1)O2. The second-order valence-electron chi connectivity index (χ2n) is 5.59. The topological polar surface area (TPSA) is 38.7 Å². The van der Waals surface area contributed by atoms with Crippen LogP contribution in [0.5, 0.6) is 5.75 Å². The highest BCUT2D eigenvalue weighted by molar-refractivity contribution is 5.33. The number of alkyl halides is 3. The first-order valence-corrected chi connectivity index (χ1v) is 6.69. The molecular weight excluding hydrogens is 292 g/mol. The van der Waals surface area contributed by atoms with Gasteiger partial charge in [0, 0.05) is 12.8 Å². The number of rotatable bonds is 2. The van der Waals surface area contributed by atoms with Crippen molar-refractivity contribution in [2.45, 2.75) is 49.9 Å². The Kier molecular flexibility index (Phi) is 3.37. The fourth-order valence-corrected chi connectivity index (χ4v) is 3.15. The summed E-state index contributed by atoms with van der Waals surface area (Å²) in [6.45, 7) is 0. The first kappa shape index (κ1) is 14.6. The second kappa shape index (κ2) is 4.84. The summed E-state index contributed by atoms with van der Waals surface area (Å²) in [7, 11) is 0. The van der Waals surface area contributed by atoms with Gasteiger partial charge in [0.1, 0.15) is 0 Å². The molecule has 2 fully saturated rings. The van der Waals surface area contributed by atoms with Gasteiger partial charge in [-0.2, -0.15) is 0 Å². The van der Waals surface area contributed by atoms with Crippen molar-refractivity contribution in [2.24, 2.45) is 0 Å². The lowest BCUT2D eigenvalue weighted by Gasteiger charge is -2.37. The Hall–Kier alpha value is -1.34. The van der Waals surface area contributed by atoms with E-state index >= 15 is 0 Å². The number of ether oxygens (including phenoxy) is 2. The largest absolute Gasteiger partial charge is 0.573 e. The summed E-state index contributed by atoms with van der Waals surface area (Å²) in [5, 5.41) is 10.7. The first-order chi connectivity index (χ1) is 9.75. The molecule has 7 heteroatoms. The van der Waals surface area contributed by atoms with Crippen LogP contribution in [0.1, 0.15) is 31.2 Å². The summed E-state index contributed by atoms with van der Waals surface area (Å²) in [6, 6.07) is 3.08. The van der Waals surface area contributed by atoms with Crippen LogP contribution in [-0.2, 0) is 10.3 Å². The minimum atomic E-state index is -4.95. The van der Waals surface area contributed by atoms with E-state index in [4.69, 9.17) is 4.74 Å². The predicted molar refractivity (Wildman–Crippen MR) is 64.1 cm³/mol. The van der Waals surface area contributed by atoms with Crippen LogP contribution < -0.4 is 4.74 Å². The fourth-order valence-electron chi connectivity index (χ4n) is 3.15. The predicted octanol–water partition coefficient (Wildman–Crippen LogP) is 3.25. The third-order valence-corrected chi connectivity index (χ3v) is 4.02. The van der Waals surface area contributed by atoms with Crippen molar-refractivity contribution in [1.82, 2.24) is 0 Å². The number of hydrogen-bond donors (Lipinski definition) is 1. The molecule has 2 bridgehead atoms. The molecule has 0 spiro atoms. The van der Waals surface area contributed by atoms with Crippen molar-refractivity contribution in [3.8, 4) is 5.75 Å². The van der Waals surface area contributed by atoms with E-state index in [1.165, 1.54) is 6.07 Å². The highest BCUT2D eigenvalue weighted by atomic mass is 19.4. The quantitative estimate of drug-likeness (QED) is 0.853. The highest BCUT2D eigenvalue weighted by Crippen LogP contribution is 2.44. The molecule has 2 heterocycles. The van der Waals surface area contributed by atoms with Crippen molar-refractivity contribution >= 4 is 0 Å². The molecule has 0 amide bonds. The molecule has 1 N–H and O–H groups in total. The zero-order valence-corrected chi connectivity index (χ0v) is 11.0. The zero-order chi connectivity index (χ0) is 15.3. The van der Waals surface area contributed by atoms with Gasteiger partial charge in [-0.1, -0.05) is 6.07 Å². The molecule has 3 rings (SSSR count). The van der Waals surface area contributed by atoms with E-state index in [1.54, 1.807) is 0 Å². The van der Waals surface area contributed by atoms with Gasteiger partial charge in [-0.3, -0.25) is 0 Å². The van der Waals surface area contributed by atoms with Gasteiger partial charge in [0.05, 0.1) is 17.8 Å². The maximum atomic E-state index is 13.7. The van der Waals surface area contributed by atoms with Crippen LogP contribution >= 0.6 is 0 Å². The number of benzene rings is 1. The van der Waals surface area contributed by atoms with Gasteiger partial charge in [0.15, 0.2) is 11.6 Å². The summed E-state index contributed by atoms with van der Waals surface area (Å²) in [5.41, 5.74) is -1.00. The minimum absolute atomic E-state index is 0.0806. The Balaban J connectivity index is 1.85. The average molecular weight is 306 g/mol. The van der Waals surface area contributed by atoms with Crippen LogP contribution in [0.15, 0.2) is 18.2 Å². The summed E-state index contributed by atoms with van der Waals surface area (Å²) < 4.78 is 59.3. The molecule has 0 aromatic heterocycles. The Morgan fingerprint density at radius 2 is 1.81 bits per heavy atom. The molecule has 2 saturated heterocycles. The molecule has 0 saturated carbocycles. The van der Waals surface area contributed by atoms with Gasteiger partial charge >= 0.3 is 6.36 Å². The second-order valence-corrected chi connectivity index (χ2v) is 5.59. The van der Waals surface area contributed by atoms with Gasteiger partial charge in [0.25, 0.3) is 0 Å². The van der Waals surface area contributed by atoms with Gasteiger partial charge < -0.3 is 14.6 Å². The lowest BCUT2D eigenvalue weighted by molar-refractivity contribution is -0.275. The lowest BCUT2D eigenvalue weighted by atomic mass is 9.83. The van der Waals surface area contributed by atoms with Gasteiger partial charge in [-0.05, 0) is 30.5 Å². The Morgan fingerprint density at radius 3 is 2.33 bits per heavy atom. The Morgan fingerprint density at radius 1 is 1.19 bits per heavy atom. The summed E-state index contributed by atoms with van der Waals surface area (Å²) >= 11 is 0. The third kappa shape index (κ3) is 2.98. The van der Waals surface area contributed by atoms with Crippen molar-refractivity contribution in [3.05, 3.63) is 29.6 Å². The van der Waals surface area contributed by atoms with Crippen LogP contribution in [0.4, 0.5) is 17.6 Å². The molecule has 2 unspecified atom stereocenters.